The first-order chi connectivity index (χ1) is 11.0. The van der Waals surface area contributed by atoms with Crippen molar-refractivity contribution in [2.45, 2.75) is 38.9 Å². The van der Waals surface area contributed by atoms with Crippen molar-refractivity contribution in [2.24, 2.45) is 0 Å². The molecule has 0 spiro atoms. The van der Waals surface area contributed by atoms with Gasteiger partial charge in [-0.3, -0.25) is 0 Å². The lowest BCUT2D eigenvalue weighted by atomic mass is 10.1. The molecule has 0 N–H and O–H groups in total. The summed E-state index contributed by atoms with van der Waals surface area (Å²) in [4.78, 5) is 1.84. The van der Waals surface area contributed by atoms with Gasteiger partial charge in [-0.2, -0.15) is 13.2 Å². The highest BCUT2D eigenvalue weighted by Gasteiger charge is 2.33. The van der Waals surface area contributed by atoms with E-state index in [1.54, 1.807) is 12.3 Å². The zero-order valence-electron chi connectivity index (χ0n) is 13.3. The Morgan fingerprint density at radius 3 is 2.61 bits per heavy atom. The van der Waals surface area contributed by atoms with Crippen molar-refractivity contribution in [3.05, 3.63) is 59.5 Å². The van der Waals surface area contributed by atoms with Crippen molar-refractivity contribution in [2.75, 3.05) is 13.2 Å². The molecule has 23 heavy (non-hydrogen) atoms. The molecule has 0 aromatic heterocycles. The van der Waals surface area contributed by atoms with Crippen LogP contribution in [0.3, 0.4) is 0 Å². The highest BCUT2D eigenvalue weighted by Crippen LogP contribution is 2.32. The molecule has 0 saturated heterocycles. The summed E-state index contributed by atoms with van der Waals surface area (Å²) in [6.07, 6.45) is 4.49. The molecule has 1 aromatic carbocycles. The second kappa shape index (κ2) is 8.09. The molecule has 5 heteroatoms. The number of benzene rings is 1. The molecule has 2 nitrogen and oxygen atoms in total. The van der Waals surface area contributed by atoms with Crippen LogP contribution in [0, 0.1) is 0 Å². The number of alkyl halides is 3. The summed E-state index contributed by atoms with van der Waals surface area (Å²) in [5, 5.41) is 0. The van der Waals surface area contributed by atoms with Crippen molar-refractivity contribution in [1.82, 2.24) is 4.90 Å². The van der Waals surface area contributed by atoms with Crippen LogP contribution in [0.4, 0.5) is 13.2 Å². The number of rotatable bonds is 7. The van der Waals surface area contributed by atoms with Crippen molar-refractivity contribution >= 4 is 0 Å². The van der Waals surface area contributed by atoms with Gasteiger partial charge in [0.15, 0.2) is 0 Å². The molecule has 0 radical (unpaired) electrons. The Morgan fingerprint density at radius 2 is 1.96 bits per heavy atom. The van der Waals surface area contributed by atoms with Crippen LogP contribution in [0.1, 0.15) is 37.3 Å². The molecule has 0 fully saturated rings. The van der Waals surface area contributed by atoms with E-state index in [0.29, 0.717) is 13.2 Å². The van der Waals surface area contributed by atoms with E-state index < -0.39 is 11.7 Å². The van der Waals surface area contributed by atoms with Crippen LogP contribution in [0.15, 0.2) is 48.4 Å². The third-order valence-corrected chi connectivity index (χ3v) is 3.69. The molecule has 0 amide bonds. The Labute approximate surface area is 135 Å². The van der Waals surface area contributed by atoms with Gasteiger partial charge in [0.25, 0.3) is 0 Å². The lowest BCUT2D eigenvalue weighted by molar-refractivity contribution is -0.138. The molecule has 0 bridgehead atoms. The minimum absolute atomic E-state index is 0.228. The summed E-state index contributed by atoms with van der Waals surface area (Å²) in [7, 11) is 0. The summed E-state index contributed by atoms with van der Waals surface area (Å²) in [6.45, 7) is 3.59. The molecule has 2 rings (SSSR count). The summed E-state index contributed by atoms with van der Waals surface area (Å²) >= 11 is 0. The van der Waals surface area contributed by atoms with Gasteiger partial charge in [0.05, 0.1) is 12.2 Å². The first-order valence-electron chi connectivity index (χ1n) is 7.91. The Bertz CT molecular complexity index is 564. The summed E-state index contributed by atoms with van der Waals surface area (Å²) in [5.41, 5.74) is -0.288. The quantitative estimate of drug-likeness (QED) is 0.645. The average Bonchev–Trinajstić information content (AvgIpc) is 2.53. The van der Waals surface area contributed by atoms with Crippen LogP contribution in [-0.2, 0) is 17.5 Å². The van der Waals surface area contributed by atoms with E-state index >= 15 is 0 Å². The third-order valence-electron chi connectivity index (χ3n) is 3.69. The summed E-state index contributed by atoms with van der Waals surface area (Å²) < 4.78 is 44.6. The SMILES string of the molecule is CCCCCOC1=CCN(Cc2ccccc2C(F)(F)F)C=C1. The fraction of sp³-hybridized carbons (Fsp3) is 0.444. The lowest BCUT2D eigenvalue weighted by Gasteiger charge is -2.24. The average molecular weight is 325 g/mol. The van der Waals surface area contributed by atoms with Crippen LogP contribution in [0.25, 0.3) is 0 Å². The summed E-state index contributed by atoms with van der Waals surface area (Å²) in [6, 6.07) is 5.70. The van der Waals surface area contributed by atoms with E-state index in [1.165, 1.54) is 12.1 Å². The topological polar surface area (TPSA) is 12.5 Å². The molecule has 1 heterocycles. The smallest absolute Gasteiger partial charge is 0.416 e. The Kier molecular flexibility index (Phi) is 6.13. The highest BCUT2D eigenvalue weighted by atomic mass is 19.4. The molecule has 0 saturated carbocycles. The molecule has 126 valence electrons. The number of nitrogens with zero attached hydrogens (tertiary/aromatic N) is 1. The molecule has 0 aliphatic carbocycles. The van der Waals surface area contributed by atoms with Crippen molar-refractivity contribution in [1.29, 1.82) is 0 Å². The Balaban J connectivity index is 1.90. The zero-order valence-corrected chi connectivity index (χ0v) is 13.3. The Morgan fingerprint density at radius 1 is 1.17 bits per heavy atom. The number of hydrogen-bond acceptors (Lipinski definition) is 2. The number of unbranched alkanes of at least 4 members (excludes halogenated alkanes) is 2. The maximum absolute atomic E-state index is 13.0. The van der Waals surface area contributed by atoms with Crippen LogP contribution in [-0.4, -0.2) is 18.1 Å². The molecule has 0 atom stereocenters. The van der Waals surface area contributed by atoms with Crippen molar-refractivity contribution < 1.29 is 17.9 Å². The first kappa shape index (κ1) is 17.4. The van der Waals surface area contributed by atoms with Crippen LogP contribution < -0.4 is 0 Å². The van der Waals surface area contributed by atoms with Gasteiger partial charge >= 0.3 is 6.18 Å². The molecule has 0 unspecified atom stereocenters. The predicted molar refractivity (Wildman–Crippen MR) is 84.6 cm³/mol. The minimum atomic E-state index is -4.32. The molecular weight excluding hydrogens is 303 g/mol. The van der Waals surface area contributed by atoms with Gasteiger partial charge in [-0.1, -0.05) is 38.0 Å². The van der Waals surface area contributed by atoms with E-state index in [1.807, 2.05) is 17.1 Å². The second-order valence-electron chi connectivity index (χ2n) is 5.56. The highest BCUT2D eigenvalue weighted by molar-refractivity contribution is 5.30. The largest absolute Gasteiger partial charge is 0.494 e. The van der Waals surface area contributed by atoms with Crippen LogP contribution in [0.2, 0.25) is 0 Å². The van der Waals surface area contributed by atoms with Crippen LogP contribution in [0.5, 0.6) is 0 Å². The fourth-order valence-electron chi connectivity index (χ4n) is 2.43. The van der Waals surface area contributed by atoms with E-state index in [4.69, 9.17) is 4.74 Å². The fourth-order valence-corrected chi connectivity index (χ4v) is 2.43. The molecular formula is C18H22F3NO. The van der Waals surface area contributed by atoms with E-state index in [-0.39, 0.29) is 12.1 Å². The second-order valence-corrected chi connectivity index (χ2v) is 5.56. The number of ether oxygens (including phenoxy) is 1. The maximum Gasteiger partial charge on any atom is 0.416 e. The van der Waals surface area contributed by atoms with Gasteiger partial charge in [-0.05, 0) is 30.2 Å². The van der Waals surface area contributed by atoms with Gasteiger partial charge < -0.3 is 9.64 Å². The van der Waals surface area contributed by atoms with Gasteiger partial charge in [0.1, 0.15) is 5.76 Å². The predicted octanol–water partition coefficient (Wildman–Crippen LogP) is 5.13. The van der Waals surface area contributed by atoms with E-state index in [9.17, 15) is 13.2 Å². The molecule has 1 aromatic rings. The normalized spacial score (nSPS) is 14.8. The standard InChI is InChI=1S/C18H22F3NO/c1-2-3-6-13-23-16-9-11-22(12-10-16)14-15-7-4-5-8-17(15)18(19,20)21/h4-5,7-11H,2-3,6,12-14H2,1H3. The van der Waals surface area contributed by atoms with E-state index in [0.717, 1.165) is 31.1 Å². The first-order valence-corrected chi connectivity index (χ1v) is 7.91. The molecule has 1 aliphatic heterocycles. The molecule has 1 aliphatic rings. The van der Waals surface area contributed by atoms with Crippen molar-refractivity contribution in [3.63, 3.8) is 0 Å². The van der Waals surface area contributed by atoms with E-state index in [2.05, 4.69) is 6.92 Å². The van der Waals surface area contributed by atoms with Gasteiger partial charge in [0, 0.05) is 19.3 Å². The number of allylic oxidation sites excluding steroid dienone is 1. The summed E-state index contributed by atoms with van der Waals surface area (Å²) in [5.74, 6) is 0.793. The van der Waals surface area contributed by atoms with Gasteiger partial charge in [-0.15, -0.1) is 0 Å². The zero-order chi connectivity index (χ0) is 16.7. The third kappa shape index (κ3) is 5.34. The number of halogens is 3. The monoisotopic (exact) mass is 325 g/mol. The van der Waals surface area contributed by atoms with Crippen LogP contribution >= 0.6 is 0 Å². The minimum Gasteiger partial charge on any atom is -0.494 e. The number of hydrogen-bond donors (Lipinski definition) is 0. The lowest BCUT2D eigenvalue weighted by Crippen LogP contribution is -2.22. The van der Waals surface area contributed by atoms with Crippen molar-refractivity contribution in [3.8, 4) is 0 Å². The van der Waals surface area contributed by atoms with Gasteiger partial charge in [0.2, 0.25) is 0 Å². The maximum atomic E-state index is 13.0. The Hall–Kier alpha value is -1.91. The van der Waals surface area contributed by atoms with Gasteiger partial charge in [-0.25, -0.2) is 0 Å².